The monoisotopic (exact) mass is 395 g/mol. The molecule has 3 heterocycles. The highest BCUT2D eigenvalue weighted by molar-refractivity contribution is 7.18. The van der Waals surface area contributed by atoms with Crippen molar-refractivity contribution < 1.29 is 9.90 Å². The van der Waals surface area contributed by atoms with Gasteiger partial charge in [-0.25, -0.2) is 4.98 Å². The Hall–Kier alpha value is -3.33. The Balaban J connectivity index is 1.63. The maximum atomic E-state index is 12.3. The number of aromatic hydroxyl groups is 1. The zero-order valence-corrected chi connectivity index (χ0v) is 16.3. The van der Waals surface area contributed by atoms with Gasteiger partial charge in [-0.3, -0.25) is 9.59 Å². The highest BCUT2D eigenvalue weighted by Gasteiger charge is 2.16. The summed E-state index contributed by atoms with van der Waals surface area (Å²) < 4.78 is 1.57. The SMILES string of the molecule is Cc1sc2nc(CC(=O)N=Nc3c(O)n(C)c4ccccc34)[nH]c(=O)c2c1C. The van der Waals surface area contributed by atoms with E-state index in [2.05, 4.69) is 20.2 Å². The van der Waals surface area contributed by atoms with Crippen molar-refractivity contribution in [2.24, 2.45) is 17.3 Å². The second-order valence-electron chi connectivity index (χ2n) is 6.49. The first-order valence-electron chi connectivity index (χ1n) is 8.56. The number of H-pyrrole nitrogens is 1. The van der Waals surface area contributed by atoms with Crippen LogP contribution in [0, 0.1) is 13.8 Å². The van der Waals surface area contributed by atoms with Gasteiger partial charge in [-0.1, -0.05) is 18.2 Å². The van der Waals surface area contributed by atoms with E-state index in [-0.39, 0.29) is 29.4 Å². The molecule has 1 amide bonds. The molecule has 0 fully saturated rings. The van der Waals surface area contributed by atoms with Crippen LogP contribution in [0.25, 0.3) is 21.1 Å². The van der Waals surface area contributed by atoms with Gasteiger partial charge in [-0.15, -0.1) is 21.6 Å². The topological polar surface area (TPSA) is 113 Å². The molecular formula is C19H17N5O3S. The van der Waals surface area contributed by atoms with E-state index < -0.39 is 5.91 Å². The molecule has 0 aliphatic rings. The molecule has 2 N–H and O–H groups in total. The molecule has 0 aliphatic carbocycles. The number of rotatable bonds is 3. The lowest BCUT2D eigenvalue weighted by atomic mass is 10.2. The number of para-hydroxylation sites is 1. The van der Waals surface area contributed by atoms with Crippen LogP contribution < -0.4 is 5.56 Å². The van der Waals surface area contributed by atoms with E-state index in [4.69, 9.17) is 0 Å². The number of aromatic amines is 1. The predicted molar refractivity (Wildman–Crippen MR) is 108 cm³/mol. The van der Waals surface area contributed by atoms with E-state index in [1.807, 2.05) is 32.0 Å². The van der Waals surface area contributed by atoms with Crippen LogP contribution in [0.15, 0.2) is 39.3 Å². The van der Waals surface area contributed by atoms with Gasteiger partial charge in [-0.05, 0) is 25.5 Å². The first kappa shape index (κ1) is 18.1. The van der Waals surface area contributed by atoms with Gasteiger partial charge in [0.1, 0.15) is 10.7 Å². The summed E-state index contributed by atoms with van der Waals surface area (Å²) in [4.78, 5) is 33.2. The summed E-state index contributed by atoms with van der Waals surface area (Å²) in [5.41, 5.74) is 1.64. The maximum Gasteiger partial charge on any atom is 0.272 e. The molecule has 0 atom stereocenters. The van der Waals surface area contributed by atoms with Crippen molar-refractivity contribution >= 4 is 44.1 Å². The number of thiophene rings is 1. The summed E-state index contributed by atoms with van der Waals surface area (Å²) in [7, 11) is 1.70. The Morgan fingerprint density at radius 1 is 1.32 bits per heavy atom. The number of benzene rings is 1. The number of carbonyl (C=O) groups is 1. The molecule has 1 aromatic carbocycles. The molecule has 4 rings (SSSR count). The van der Waals surface area contributed by atoms with Gasteiger partial charge in [0.25, 0.3) is 11.5 Å². The first-order valence-corrected chi connectivity index (χ1v) is 9.38. The molecule has 142 valence electrons. The van der Waals surface area contributed by atoms with E-state index in [9.17, 15) is 14.7 Å². The number of aryl methyl sites for hydroxylation is 3. The van der Waals surface area contributed by atoms with Crippen molar-refractivity contribution in [1.82, 2.24) is 14.5 Å². The molecule has 8 nitrogen and oxygen atoms in total. The van der Waals surface area contributed by atoms with Crippen LogP contribution in [0.3, 0.4) is 0 Å². The third-order valence-electron chi connectivity index (χ3n) is 4.72. The number of hydrogen-bond donors (Lipinski definition) is 2. The average Bonchev–Trinajstić information content (AvgIpc) is 3.08. The fourth-order valence-corrected chi connectivity index (χ4v) is 4.17. The van der Waals surface area contributed by atoms with Crippen LogP contribution in [-0.2, 0) is 18.3 Å². The summed E-state index contributed by atoms with van der Waals surface area (Å²) in [5, 5.41) is 19.1. The van der Waals surface area contributed by atoms with Gasteiger partial charge in [0, 0.05) is 17.3 Å². The van der Waals surface area contributed by atoms with Crippen molar-refractivity contribution in [3.05, 3.63) is 50.9 Å². The fraction of sp³-hybridized carbons (Fsp3) is 0.211. The third-order valence-corrected chi connectivity index (χ3v) is 5.82. The van der Waals surface area contributed by atoms with Crippen molar-refractivity contribution in [1.29, 1.82) is 0 Å². The van der Waals surface area contributed by atoms with Crippen LogP contribution in [-0.4, -0.2) is 25.5 Å². The second kappa shape index (κ2) is 6.68. The maximum absolute atomic E-state index is 12.3. The minimum Gasteiger partial charge on any atom is -0.493 e. The summed E-state index contributed by atoms with van der Waals surface area (Å²) in [6, 6.07) is 7.30. The van der Waals surface area contributed by atoms with Crippen LogP contribution in [0.4, 0.5) is 5.69 Å². The van der Waals surface area contributed by atoms with Crippen LogP contribution in [0.1, 0.15) is 16.3 Å². The average molecular weight is 395 g/mol. The van der Waals surface area contributed by atoms with Gasteiger partial charge >= 0.3 is 0 Å². The molecule has 28 heavy (non-hydrogen) atoms. The predicted octanol–water partition coefficient (Wildman–Crippen LogP) is 3.65. The van der Waals surface area contributed by atoms with Crippen LogP contribution in [0.5, 0.6) is 5.88 Å². The highest BCUT2D eigenvalue weighted by Crippen LogP contribution is 2.37. The molecule has 0 saturated heterocycles. The number of nitrogens with zero attached hydrogens (tertiary/aromatic N) is 4. The molecule has 9 heteroatoms. The molecule has 0 aliphatic heterocycles. The number of hydrogen-bond acceptors (Lipinski definition) is 6. The van der Waals surface area contributed by atoms with Gasteiger partial charge in [0.05, 0.1) is 17.3 Å². The molecule has 3 aromatic heterocycles. The highest BCUT2D eigenvalue weighted by atomic mass is 32.1. The van der Waals surface area contributed by atoms with E-state index in [0.29, 0.717) is 15.6 Å². The molecular weight excluding hydrogens is 378 g/mol. The van der Waals surface area contributed by atoms with Gasteiger partial charge < -0.3 is 14.7 Å². The lowest BCUT2D eigenvalue weighted by Crippen LogP contribution is -2.13. The molecule has 4 aromatic rings. The molecule has 0 radical (unpaired) electrons. The number of azo groups is 1. The second-order valence-corrected chi connectivity index (χ2v) is 7.70. The molecule has 0 bridgehead atoms. The zero-order chi connectivity index (χ0) is 20.0. The van der Waals surface area contributed by atoms with E-state index in [1.54, 1.807) is 17.7 Å². The summed E-state index contributed by atoms with van der Waals surface area (Å²) in [5.74, 6) is -0.403. The first-order chi connectivity index (χ1) is 13.4. The lowest BCUT2D eigenvalue weighted by molar-refractivity contribution is -0.117. The van der Waals surface area contributed by atoms with E-state index in [1.165, 1.54) is 11.3 Å². The number of amides is 1. The summed E-state index contributed by atoms with van der Waals surface area (Å²) >= 11 is 1.42. The van der Waals surface area contributed by atoms with Gasteiger partial charge in [0.15, 0.2) is 5.69 Å². The Labute approximate surface area is 163 Å². The quantitative estimate of drug-likeness (QED) is 0.516. The summed E-state index contributed by atoms with van der Waals surface area (Å²) in [6.45, 7) is 3.80. The Bertz CT molecular complexity index is 1330. The number of fused-ring (bicyclic) bond motifs is 2. The van der Waals surface area contributed by atoms with E-state index >= 15 is 0 Å². The minimum absolute atomic E-state index is 0.0739. The number of aromatic nitrogens is 3. The molecule has 0 saturated carbocycles. The zero-order valence-electron chi connectivity index (χ0n) is 15.5. The fourth-order valence-electron chi connectivity index (χ4n) is 3.13. The van der Waals surface area contributed by atoms with Crippen molar-refractivity contribution in [2.45, 2.75) is 20.3 Å². The molecule has 0 unspecified atom stereocenters. The standard InChI is InChI=1S/C19H17N5O3S/c1-9-10(2)28-18-15(9)17(26)20-13(21-18)8-14(25)22-23-16-11-6-4-5-7-12(11)24(3)19(16)27/h4-7,27H,8H2,1-3H3,(H,20,21,26). The Morgan fingerprint density at radius 2 is 2.07 bits per heavy atom. The van der Waals surface area contributed by atoms with E-state index in [0.717, 1.165) is 16.0 Å². The van der Waals surface area contributed by atoms with Crippen LogP contribution >= 0.6 is 11.3 Å². The minimum atomic E-state index is -0.570. The van der Waals surface area contributed by atoms with Crippen molar-refractivity contribution in [3.63, 3.8) is 0 Å². The Kier molecular flexibility index (Phi) is 4.31. The van der Waals surface area contributed by atoms with Gasteiger partial charge in [-0.2, -0.15) is 0 Å². The smallest absolute Gasteiger partial charge is 0.272 e. The van der Waals surface area contributed by atoms with Crippen molar-refractivity contribution in [3.8, 4) is 5.88 Å². The van der Waals surface area contributed by atoms with Crippen LogP contribution in [0.2, 0.25) is 0 Å². The number of carbonyl (C=O) groups excluding carboxylic acids is 1. The Morgan fingerprint density at radius 3 is 2.86 bits per heavy atom. The third kappa shape index (κ3) is 2.89. The number of nitrogens with one attached hydrogen (secondary N) is 1. The summed E-state index contributed by atoms with van der Waals surface area (Å²) in [6.07, 6.45) is -0.184. The normalized spacial score (nSPS) is 11.8. The largest absolute Gasteiger partial charge is 0.493 e. The van der Waals surface area contributed by atoms with Crippen molar-refractivity contribution in [2.75, 3.05) is 0 Å². The lowest BCUT2D eigenvalue weighted by Gasteiger charge is -1.98. The van der Waals surface area contributed by atoms with Gasteiger partial charge in [0.2, 0.25) is 5.88 Å². The molecule has 0 spiro atoms.